The number of nitrogens with one attached hydrogen (secondary N) is 1. The van der Waals surface area contributed by atoms with Crippen molar-refractivity contribution in [2.24, 2.45) is 29.4 Å². The van der Waals surface area contributed by atoms with Crippen LogP contribution in [0.1, 0.15) is 64.6 Å². The lowest BCUT2D eigenvalue weighted by Crippen LogP contribution is -2.74. The number of anilines is 2. The number of likely N-dealkylation sites (N-methyl/N-ethyl adjacent to an activating group) is 1. The lowest BCUT2D eigenvalue weighted by molar-refractivity contribution is -0.181. The van der Waals surface area contributed by atoms with Crippen LogP contribution in [0, 0.1) is 23.7 Å². The largest absolute Gasteiger partial charge is 0.505 e. The topological polar surface area (TPSA) is 243 Å². The minimum Gasteiger partial charge on any atom is -0.505 e. The summed E-state index contributed by atoms with van der Waals surface area (Å²) >= 11 is 0. The zero-order valence-corrected chi connectivity index (χ0v) is 36.3. The van der Waals surface area contributed by atoms with E-state index in [4.69, 9.17) is 15.2 Å². The molecular weight excluding hydrogens is 815 g/mol. The number of ketones is 4. The van der Waals surface area contributed by atoms with Gasteiger partial charge in [0, 0.05) is 31.2 Å². The Hall–Kier alpha value is -6.46. The van der Waals surface area contributed by atoms with E-state index in [1.165, 1.54) is 25.1 Å². The number of rotatable bonds is 12. The van der Waals surface area contributed by atoms with Crippen molar-refractivity contribution >= 4 is 58.4 Å². The average molecular weight is 868 g/mol. The quantitative estimate of drug-likeness (QED) is 0.0886. The summed E-state index contributed by atoms with van der Waals surface area (Å²) in [5, 5.41) is 26.2. The number of aryl methyl sites for hydroxylation is 2. The Balaban J connectivity index is 1.19. The van der Waals surface area contributed by atoms with Crippen molar-refractivity contribution in [3.05, 3.63) is 88.5 Å². The summed E-state index contributed by atoms with van der Waals surface area (Å²) in [4.78, 5) is 113. The van der Waals surface area contributed by atoms with Gasteiger partial charge in [0.1, 0.15) is 12.3 Å². The minimum absolute atomic E-state index is 0.00856. The number of esters is 1. The molecule has 17 nitrogen and oxygen atoms in total. The van der Waals surface area contributed by atoms with Gasteiger partial charge in [-0.25, -0.2) is 9.59 Å². The summed E-state index contributed by atoms with van der Waals surface area (Å²) in [7, 11) is 6.33. The first-order valence-electron chi connectivity index (χ1n) is 20.5. The SMILES string of the molecule is CN(C)c1cc(NC(=O)CN(C(=O)OCOC(=O)c2ccccc2CCc2ccccc2)C(C)(C)C)c(O)c2c1C[C@H]1C[C@H]3[C@H](N(C)C)C(=O)C(C(N)=O)C(=O)[C@@]3(O)C(=O)C1C2=O. The maximum absolute atomic E-state index is 14.5. The number of primary amides is 1. The van der Waals surface area contributed by atoms with E-state index in [1.54, 1.807) is 51.9 Å². The number of Topliss-reactive ketones (excluding diaryl/α,β-unsaturated/α-hetero) is 4. The van der Waals surface area contributed by atoms with Crippen molar-refractivity contribution in [1.82, 2.24) is 9.80 Å². The standard InChI is InChI=1S/C46H53N5O12/c1-45(2,3)51(44(60)63-23-62-43(59)27-16-12-11-15-25(27)18-17-24-13-9-8-10-14-24)22-32(52)48-30-21-31(49(4)5)28-19-26-20-29-36(50(6)7)39(55)35(42(47)58)41(57)46(29,61)40(56)33(26)38(54)34(28)37(30)53/h8-16,21,26,29,33,35-36,53,61H,17-20,22-23H2,1-7H3,(H2,47,58)(H,48,52)/t26-,29-,33?,35?,36-,46-/m0/s1. The molecule has 0 aromatic heterocycles. The van der Waals surface area contributed by atoms with Crippen molar-refractivity contribution in [2.75, 3.05) is 51.7 Å². The summed E-state index contributed by atoms with van der Waals surface area (Å²) in [6, 6.07) is 16.9. The van der Waals surface area contributed by atoms with Gasteiger partial charge in [0.05, 0.1) is 28.8 Å². The van der Waals surface area contributed by atoms with E-state index in [9.17, 15) is 48.6 Å². The summed E-state index contributed by atoms with van der Waals surface area (Å²) in [5.74, 6) is -13.8. The lowest BCUT2D eigenvalue weighted by atomic mass is 9.52. The number of fused-ring (bicyclic) bond motifs is 3. The Morgan fingerprint density at radius 2 is 1.56 bits per heavy atom. The lowest BCUT2D eigenvalue weighted by Gasteiger charge is -2.52. The molecular formula is C46H53N5O12. The van der Waals surface area contributed by atoms with Gasteiger partial charge < -0.3 is 35.6 Å². The molecule has 3 aliphatic carbocycles. The molecule has 2 unspecified atom stereocenters. The number of phenolic OH excluding ortho intramolecular Hbond substituents is 1. The van der Waals surface area contributed by atoms with Crippen molar-refractivity contribution in [3.8, 4) is 5.75 Å². The van der Waals surface area contributed by atoms with Crippen LogP contribution in [0.3, 0.4) is 0 Å². The number of ether oxygens (including phenoxy) is 2. The van der Waals surface area contributed by atoms with E-state index in [0.29, 0.717) is 29.7 Å². The molecule has 0 aliphatic heterocycles. The predicted molar refractivity (Wildman–Crippen MR) is 228 cm³/mol. The third-order valence-electron chi connectivity index (χ3n) is 12.3. The molecule has 6 atom stereocenters. The molecule has 3 amide bonds. The fraction of sp³-hybridized carbons (Fsp3) is 0.435. The normalized spacial score (nSPS) is 23.0. The molecule has 2 fully saturated rings. The first kappa shape index (κ1) is 46.1. The van der Waals surface area contributed by atoms with Gasteiger partial charge in [0.15, 0.2) is 34.7 Å². The molecule has 2 saturated carbocycles. The second-order valence-electron chi connectivity index (χ2n) is 17.7. The number of carbonyl (C=O) groups excluding carboxylic acids is 8. The highest BCUT2D eigenvalue weighted by molar-refractivity contribution is 6.32. The van der Waals surface area contributed by atoms with Gasteiger partial charge in [-0.3, -0.25) is 38.6 Å². The Morgan fingerprint density at radius 1 is 0.905 bits per heavy atom. The second-order valence-corrected chi connectivity index (χ2v) is 17.7. The van der Waals surface area contributed by atoms with Gasteiger partial charge in [-0.15, -0.1) is 0 Å². The van der Waals surface area contributed by atoms with E-state index in [1.807, 2.05) is 42.5 Å². The maximum Gasteiger partial charge on any atom is 0.413 e. The summed E-state index contributed by atoms with van der Waals surface area (Å²) in [5.41, 5.74) is 3.83. The van der Waals surface area contributed by atoms with Crippen molar-refractivity contribution < 1.29 is 58.0 Å². The van der Waals surface area contributed by atoms with Crippen LogP contribution in [0.2, 0.25) is 0 Å². The number of amides is 3. The van der Waals surface area contributed by atoms with Gasteiger partial charge in [0.2, 0.25) is 18.6 Å². The molecule has 0 saturated heterocycles. The molecule has 334 valence electrons. The van der Waals surface area contributed by atoms with Gasteiger partial charge in [-0.05, 0) is 95.3 Å². The molecule has 63 heavy (non-hydrogen) atoms. The van der Waals surface area contributed by atoms with Crippen LogP contribution in [-0.4, -0.2) is 126 Å². The van der Waals surface area contributed by atoms with Crippen LogP contribution in [0.15, 0.2) is 60.7 Å². The molecule has 0 bridgehead atoms. The first-order chi connectivity index (χ1) is 29.6. The van der Waals surface area contributed by atoms with Crippen molar-refractivity contribution in [1.29, 1.82) is 0 Å². The van der Waals surface area contributed by atoms with E-state index < -0.39 is 107 Å². The van der Waals surface area contributed by atoms with Crippen LogP contribution < -0.4 is 16.0 Å². The Bertz CT molecular complexity index is 2370. The van der Waals surface area contributed by atoms with Crippen molar-refractivity contribution in [3.63, 3.8) is 0 Å². The van der Waals surface area contributed by atoms with Crippen LogP contribution >= 0.6 is 0 Å². The third-order valence-corrected chi connectivity index (χ3v) is 12.3. The third kappa shape index (κ3) is 8.67. The number of aromatic hydroxyl groups is 1. The van der Waals surface area contributed by atoms with E-state index in [-0.39, 0.29) is 24.1 Å². The second kappa shape index (κ2) is 17.7. The highest BCUT2D eigenvalue weighted by Gasteiger charge is 2.69. The summed E-state index contributed by atoms with van der Waals surface area (Å²) in [6.07, 6.45) is 0.141. The number of carbonyl (C=O) groups is 8. The Labute approximate surface area is 364 Å². The summed E-state index contributed by atoms with van der Waals surface area (Å²) in [6.45, 7) is 3.56. The molecule has 3 aliphatic rings. The Kier molecular flexibility index (Phi) is 13.0. The predicted octanol–water partition coefficient (Wildman–Crippen LogP) is 2.71. The van der Waals surface area contributed by atoms with E-state index >= 15 is 0 Å². The molecule has 0 spiro atoms. The van der Waals surface area contributed by atoms with Gasteiger partial charge in [-0.2, -0.15) is 0 Å². The molecule has 6 rings (SSSR count). The van der Waals surface area contributed by atoms with Gasteiger partial charge in [-0.1, -0.05) is 48.5 Å². The average Bonchev–Trinajstić information content (AvgIpc) is 3.21. The number of aliphatic hydroxyl groups is 1. The first-order valence-corrected chi connectivity index (χ1v) is 20.5. The molecule has 0 radical (unpaired) electrons. The fourth-order valence-corrected chi connectivity index (χ4v) is 9.21. The fourth-order valence-electron chi connectivity index (χ4n) is 9.21. The number of nitrogens with zero attached hydrogens (tertiary/aromatic N) is 3. The van der Waals surface area contributed by atoms with E-state index in [2.05, 4.69) is 5.32 Å². The van der Waals surface area contributed by atoms with E-state index in [0.717, 1.165) is 16.0 Å². The van der Waals surface area contributed by atoms with Crippen molar-refractivity contribution in [2.45, 2.75) is 63.6 Å². The Morgan fingerprint density at radius 3 is 2.17 bits per heavy atom. The van der Waals surface area contributed by atoms with Gasteiger partial charge in [0.25, 0.3) is 0 Å². The minimum atomic E-state index is -2.90. The molecule has 3 aromatic carbocycles. The molecule has 5 N–H and O–H groups in total. The number of hydrogen-bond donors (Lipinski definition) is 4. The molecule has 0 heterocycles. The number of benzene rings is 3. The zero-order chi connectivity index (χ0) is 46.3. The highest BCUT2D eigenvalue weighted by atomic mass is 16.7. The molecule has 3 aromatic rings. The van der Waals surface area contributed by atoms with Gasteiger partial charge >= 0.3 is 12.1 Å². The zero-order valence-electron chi connectivity index (χ0n) is 36.3. The van der Waals surface area contributed by atoms with Crippen LogP contribution in [0.25, 0.3) is 0 Å². The number of hydrogen-bond acceptors (Lipinski definition) is 14. The smallest absolute Gasteiger partial charge is 0.413 e. The van der Waals surface area contributed by atoms with Crippen LogP contribution in [-0.2, 0) is 52.7 Å². The highest BCUT2D eigenvalue weighted by Crippen LogP contribution is 2.52. The maximum atomic E-state index is 14.5. The summed E-state index contributed by atoms with van der Waals surface area (Å²) < 4.78 is 10.6. The number of nitrogens with two attached hydrogens (primary N) is 1. The van der Waals surface area contributed by atoms with Crippen LogP contribution in [0.5, 0.6) is 5.75 Å². The monoisotopic (exact) mass is 867 g/mol. The number of phenols is 1. The van der Waals surface area contributed by atoms with Crippen LogP contribution in [0.4, 0.5) is 16.2 Å². The molecule has 17 heteroatoms.